The summed E-state index contributed by atoms with van der Waals surface area (Å²) in [5.41, 5.74) is -0.357. The summed E-state index contributed by atoms with van der Waals surface area (Å²) < 4.78 is 23.4. The molecular formula is C11H10ClN5O3S. The Morgan fingerprint density at radius 2 is 1.95 bits per heavy atom. The highest BCUT2D eigenvalue weighted by atomic mass is 35.5. The van der Waals surface area contributed by atoms with Crippen LogP contribution in [-0.2, 0) is 9.84 Å². The first-order valence-electron chi connectivity index (χ1n) is 5.65. The number of nitrogens with zero attached hydrogens (tertiary/aromatic N) is 5. The smallest absolute Gasteiger partial charge is 0.275 e. The summed E-state index contributed by atoms with van der Waals surface area (Å²) in [5.74, 6) is -1.04. The van der Waals surface area contributed by atoms with E-state index in [1.54, 1.807) is 12.1 Å². The molecule has 1 amide bonds. The molecule has 0 aliphatic carbocycles. The van der Waals surface area contributed by atoms with Crippen molar-refractivity contribution in [3.05, 3.63) is 16.9 Å². The van der Waals surface area contributed by atoms with Crippen LogP contribution in [0.4, 0.5) is 0 Å². The lowest BCUT2D eigenvalue weighted by molar-refractivity contribution is 0.0788. The Hall–Kier alpha value is -2.23. The SMILES string of the molecule is CCS(=O)(=O)c1ncc(Cl)c(C(=O)N(CC#N)CC#N)n1. The van der Waals surface area contributed by atoms with E-state index in [9.17, 15) is 13.2 Å². The van der Waals surface area contributed by atoms with E-state index in [0.717, 1.165) is 11.1 Å². The number of rotatable bonds is 5. The molecule has 0 aliphatic heterocycles. The molecule has 0 aromatic carbocycles. The van der Waals surface area contributed by atoms with Crippen molar-refractivity contribution in [3.8, 4) is 12.1 Å². The minimum absolute atomic E-state index is 0.157. The Morgan fingerprint density at radius 1 is 1.38 bits per heavy atom. The lowest BCUT2D eigenvalue weighted by Gasteiger charge is -2.15. The average Bonchev–Trinajstić information content (AvgIpc) is 2.46. The standard InChI is InChI=1S/C11H10ClN5O3S/c1-2-21(19,20)11-15-7-8(12)9(16-11)10(18)17(5-3-13)6-4-14/h7H,2,5-6H2,1H3. The fourth-order valence-electron chi connectivity index (χ4n) is 1.30. The van der Waals surface area contributed by atoms with Gasteiger partial charge in [0, 0.05) is 0 Å². The molecule has 0 atom stereocenters. The van der Waals surface area contributed by atoms with Gasteiger partial charge in [-0.2, -0.15) is 10.5 Å². The molecule has 0 unspecified atom stereocenters. The maximum Gasteiger partial charge on any atom is 0.275 e. The normalized spacial score (nSPS) is 10.5. The summed E-state index contributed by atoms with van der Waals surface area (Å²) in [7, 11) is -3.70. The van der Waals surface area contributed by atoms with Gasteiger partial charge in [-0.25, -0.2) is 18.4 Å². The summed E-state index contributed by atoms with van der Waals surface area (Å²) >= 11 is 5.80. The highest BCUT2D eigenvalue weighted by Gasteiger charge is 2.24. The Kier molecular flexibility index (Phi) is 5.59. The van der Waals surface area contributed by atoms with Crippen molar-refractivity contribution in [1.29, 1.82) is 10.5 Å². The van der Waals surface area contributed by atoms with E-state index in [1.807, 2.05) is 0 Å². The first-order valence-corrected chi connectivity index (χ1v) is 7.68. The molecule has 10 heteroatoms. The number of amides is 1. The second-order valence-corrected chi connectivity index (χ2v) is 6.31. The lowest BCUT2D eigenvalue weighted by Crippen LogP contribution is -2.33. The zero-order valence-electron chi connectivity index (χ0n) is 10.9. The third-order valence-electron chi connectivity index (χ3n) is 2.39. The van der Waals surface area contributed by atoms with Crippen LogP contribution in [-0.4, -0.2) is 48.0 Å². The van der Waals surface area contributed by atoms with Crippen molar-refractivity contribution in [3.63, 3.8) is 0 Å². The summed E-state index contributed by atoms with van der Waals surface area (Å²) in [6, 6.07) is 3.46. The third kappa shape index (κ3) is 3.88. The minimum atomic E-state index is -3.70. The van der Waals surface area contributed by atoms with Crippen LogP contribution in [0.5, 0.6) is 0 Å². The predicted octanol–water partition coefficient (Wildman–Crippen LogP) is 0.413. The Morgan fingerprint density at radius 3 is 2.43 bits per heavy atom. The molecule has 1 rings (SSSR count). The van der Waals surface area contributed by atoms with E-state index in [0.29, 0.717) is 0 Å². The summed E-state index contributed by atoms with van der Waals surface area (Å²) in [5, 5.41) is 16.6. The molecule has 1 heterocycles. The number of hydrogen-bond acceptors (Lipinski definition) is 7. The number of carbonyl (C=O) groups is 1. The molecule has 0 spiro atoms. The van der Waals surface area contributed by atoms with E-state index in [1.165, 1.54) is 6.92 Å². The topological polar surface area (TPSA) is 128 Å². The lowest BCUT2D eigenvalue weighted by atomic mass is 10.3. The van der Waals surface area contributed by atoms with Crippen LogP contribution in [0.3, 0.4) is 0 Å². The second-order valence-electron chi connectivity index (χ2n) is 3.73. The highest BCUT2D eigenvalue weighted by Crippen LogP contribution is 2.17. The van der Waals surface area contributed by atoms with Crippen LogP contribution >= 0.6 is 11.6 Å². The molecule has 8 nitrogen and oxygen atoms in total. The molecule has 21 heavy (non-hydrogen) atoms. The van der Waals surface area contributed by atoms with E-state index in [2.05, 4.69) is 9.97 Å². The molecule has 0 bridgehead atoms. The average molecular weight is 328 g/mol. The second kappa shape index (κ2) is 6.97. The maximum absolute atomic E-state index is 12.2. The van der Waals surface area contributed by atoms with Crippen molar-refractivity contribution in [1.82, 2.24) is 14.9 Å². The quantitative estimate of drug-likeness (QED) is 0.566. The van der Waals surface area contributed by atoms with E-state index in [4.69, 9.17) is 22.1 Å². The van der Waals surface area contributed by atoms with E-state index >= 15 is 0 Å². The Balaban J connectivity index is 3.30. The van der Waals surface area contributed by atoms with Gasteiger partial charge in [-0.3, -0.25) is 4.79 Å². The Bertz CT molecular complexity index is 719. The van der Waals surface area contributed by atoms with Gasteiger partial charge in [0.05, 0.1) is 29.1 Å². The van der Waals surface area contributed by atoms with E-state index in [-0.39, 0.29) is 29.6 Å². The number of sulfone groups is 1. The van der Waals surface area contributed by atoms with Gasteiger partial charge in [0.1, 0.15) is 13.1 Å². The molecule has 0 aliphatic rings. The first-order chi connectivity index (χ1) is 9.87. The van der Waals surface area contributed by atoms with Crippen molar-refractivity contribution in [2.45, 2.75) is 12.1 Å². The number of hydrogen-bond donors (Lipinski definition) is 0. The molecular weight excluding hydrogens is 318 g/mol. The van der Waals surface area contributed by atoms with Crippen LogP contribution in [0.25, 0.3) is 0 Å². The monoisotopic (exact) mass is 327 g/mol. The number of aromatic nitrogens is 2. The predicted molar refractivity (Wildman–Crippen MR) is 71.9 cm³/mol. The van der Waals surface area contributed by atoms with Crippen LogP contribution in [0.2, 0.25) is 5.02 Å². The van der Waals surface area contributed by atoms with Gasteiger partial charge in [0.15, 0.2) is 5.69 Å². The number of nitriles is 2. The van der Waals surface area contributed by atoms with Crippen LogP contribution < -0.4 is 0 Å². The minimum Gasteiger partial charge on any atom is -0.311 e. The molecule has 0 saturated heterocycles. The zero-order chi connectivity index (χ0) is 16.0. The van der Waals surface area contributed by atoms with Gasteiger partial charge in [0.2, 0.25) is 15.0 Å². The van der Waals surface area contributed by atoms with Gasteiger partial charge < -0.3 is 4.90 Å². The van der Waals surface area contributed by atoms with Crippen molar-refractivity contribution < 1.29 is 13.2 Å². The number of carbonyl (C=O) groups excluding carboxylic acids is 1. The van der Waals surface area contributed by atoms with Crippen LogP contribution in [0, 0.1) is 22.7 Å². The van der Waals surface area contributed by atoms with Crippen molar-refractivity contribution in [2.24, 2.45) is 0 Å². The summed E-state index contributed by atoms with van der Waals surface area (Å²) in [6.07, 6.45) is 1.00. The van der Waals surface area contributed by atoms with Crippen molar-refractivity contribution >= 4 is 27.3 Å². The number of halogens is 1. The molecule has 1 aromatic heterocycles. The van der Waals surface area contributed by atoms with Gasteiger partial charge in [-0.1, -0.05) is 18.5 Å². The molecule has 0 radical (unpaired) electrons. The Labute approximate surface area is 126 Å². The van der Waals surface area contributed by atoms with Gasteiger partial charge in [-0.05, 0) is 0 Å². The van der Waals surface area contributed by atoms with Gasteiger partial charge >= 0.3 is 0 Å². The third-order valence-corrected chi connectivity index (χ3v) is 4.18. The first kappa shape index (κ1) is 16.8. The fraction of sp³-hybridized carbons (Fsp3) is 0.364. The summed E-state index contributed by atoms with van der Waals surface area (Å²) in [4.78, 5) is 20.3. The molecule has 110 valence electrons. The van der Waals surface area contributed by atoms with E-state index < -0.39 is 20.9 Å². The van der Waals surface area contributed by atoms with Gasteiger partial charge in [-0.15, -0.1) is 0 Å². The van der Waals surface area contributed by atoms with Gasteiger partial charge in [0.25, 0.3) is 5.91 Å². The van der Waals surface area contributed by atoms with Crippen molar-refractivity contribution in [2.75, 3.05) is 18.8 Å². The summed E-state index contributed by atoms with van der Waals surface area (Å²) in [6.45, 7) is 0.720. The fourth-order valence-corrected chi connectivity index (χ4v) is 2.17. The van der Waals surface area contributed by atoms with Crippen LogP contribution in [0.1, 0.15) is 17.4 Å². The molecule has 1 aromatic rings. The van der Waals surface area contributed by atoms with Crippen LogP contribution in [0.15, 0.2) is 11.4 Å². The molecule has 0 N–H and O–H groups in total. The largest absolute Gasteiger partial charge is 0.311 e. The highest BCUT2D eigenvalue weighted by molar-refractivity contribution is 7.91. The molecule has 0 saturated carbocycles. The zero-order valence-corrected chi connectivity index (χ0v) is 12.5. The molecule has 0 fully saturated rings. The maximum atomic E-state index is 12.2.